The van der Waals surface area contributed by atoms with Gasteiger partial charge >= 0.3 is 12.1 Å². The van der Waals surface area contributed by atoms with E-state index in [0.29, 0.717) is 5.56 Å². The summed E-state index contributed by atoms with van der Waals surface area (Å²) in [4.78, 5) is 42.1. The van der Waals surface area contributed by atoms with Crippen molar-refractivity contribution >= 4 is 17.8 Å². The second kappa shape index (κ2) is 6.47. The molecule has 6 heteroatoms. The Labute approximate surface area is 141 Å². The van der Waals surface area contributed by atoms with Crippen LogP contribution in [0.1, 0.15) is 29.6 Å². The fourth-order valence-corrected chi connectivity index (χ4v) is 3.29. The van der Waals surface area contributed by atoms with Crippen molar-refractivity contribution in [1.82, 2.24) is 14.7 Å². The number of hydrogen-bond donors (Lipinski definition) is 0. The summed E-state index contributed by atoms with van der Waals surface area (Å²) < 4.78 is 0. The highest BCUT2D eigenvalue weighted by Crippen LogP contribution is 2.27. The van der Waals surface area contributed by atoms with E-state index in [1.807, 2.05) is 18.2 Å². The van der Waals surface area contributed by atoms with E-state index in [1.165, 1.54) is 16.8 Å². The molecular formula is C18H21N3O3. The number of likely N-dealkylation sites (N-methyl/N-ethyl adjacent to an activating group) is 1. The van der Waals surface area contributed by atoms with Gasteiger partial charge in [-0.25, -0.2) is 14.5 Å². The lowest BCUT2D eigenvalue weighted by Gasteiger charge is -2.47. The summed E-state index contributed by atoms with van der Waals surface area (Å²) >= 11 is 0. The summed E-state index contributed by atoms with van der Waals surface area (Å²) in [5, 5.41) is 0. The largest absolute Gasteiger partial charge is 0.330 e. The van der Waals surface area contributed by atoms with Gasteiger partial charge in [0.2, 0.25) is 5.78 Å². The number of carbonyl (C=O) groups is 3. The van der Waals surface area contributed by atoms with Gasteiger partial charge in [-0.2, -0.15) is 0 Å². The van der Waals surface area contributed by atoms with Crippen molar-refractivity contribution in [2.75, 3.05) is 14.1 Å². The van der Waals surface area contributed by atoms with Crippen LogP contribution in [0.15, 0.2) is 42.5 Å². The Balaban J connectivity index is 2.01. The van der Waals surface area contributed by atoms with Crippen molar-refractivity contribution in [3.63, 3.8) is 0 Å². The van der Waals surface area contributed by atoms with Gasteiger partial charge in [0, 0.05) is 19.7 Å². The predicted molar refractivity (Wildman–Crippen MR) is 89.5 cm³/mol. The molecule has 0 N–H and O–H groups in total. The lowest BCUT2D eigenvalue weighted by Crippen LogP contribution is -2.68. The first kappa shape index (κ1) is 16.2. The Morgan fingerprint density at radius 1 is 1.08 bits per heavy atom. The van der Waals surface area contributed by atoms with E-state index >= 15 is 0 Å². The minimum atomic E-state index is -0.920. The van der Waals surface area contributed by atoms with Crippen molar-refractivity contribution in [2.45, 2.75) is 31.5 Å². The van der Waals surface area contributed by atoms with E-state index in [0.717, 1.165) is 24.2 Å². The maximum atomic E-state index is 13.0. The number of ketones is 1. The van der Waals surface area contributed by atoms with E-state index in [4.69, 9.17) is 0 Å². The number of Topliss-reactive ketones (excluding diaryl/α,β-unsaturated/α-hetero) is 1. The average molecular weight is 327 g/mol. The monoisotopic (exact) mass is 327 g/mol. The molecule has 1 aliphatic carbocycles. The van der Waals surface area contributed by atoms with Gasteiger partial charge in [-0.1, -0.05) is 42.5 Å². The summed E-state index contributed by atoms with van der Waals surface area (Å²) in [6, 6.07) is 7.72. The fourth-order valence-electron chi connectivity index (χ4n) is 3.29. The lowest BCUT2D eigenvalue weighted by molar-refractivity contribution is 0.0290. The minimum Gasteiger partial charge on any atom is -0.299 e. The second-order valence-corrected chi connectivity index (χ2v) is 6.17. The van der Waals surface area contributed by atoms with Crippen LogP contribution in [0.5, 0.6) is 0 Å². The number of allylic oxidation sites excluding steroid dienone is 1. The van der Waals surface area contributed by atoms with Crippen molar-refractivity contribution in [1.29, 1.82) is 0 Å². The first-order chi connectivity index (χ1) is 11.5. The molecule has 1 aromatic rings. The molecule has 3 rings (SSSR count). The van der Waals surface area contributed by atoms with Gasteiger partial charge in [0.1, 0.15) is 0 Å². The second-order valence-electron chi connectivity index (χ2n) is 6.17. The van der Waals surface area contributed by atoms with E-state index < -0.39 is 18.2 Å². The molecule has 6 nitrogen and oxygen atoms in total. The van der Waals surface area contributed by atoms with Crippen molar-refractivity contribution in [3.05, 3.63) is 48.0 Å². The van der Waals surface area contributed by atoms with E-state index in [-0.39, 0.29) is 11.8 Å². The molecule has 1 aliphatic heterocycles. The Bertz CT molecular complexity index is 686. The minimum absolute atomic E-state index is 0.179. The van der Waals surface area contributed by atoms with E-state index in [2.05, 4.69) is 0 Å². The van der Waals surface area contributed by atoms with E-state index in [1.54, 1.807) is 31.3 Å². The van der Waals surface area contributed by atoms with Crippen LogP contribution in [-0.4, -0.2) is 58.8 Å². The van der Waals surface area contributed by atoms with Crippen LogP contribution in [0.25, 0.3) is 0 Å². The Morgan fingerprint density at radius 2 is 1.79 bits per heavy atom. The molecule has 2 unspecified atom stereocenters. The van der Waals surface area contributed by atoms with Crippen LogP contribution < -0.4 is 0 Å². The highest BCUT2D eigenvalue weighted by Gasteiger charge is 2.46. The molecule has 24 heavy (non-hydrogen) atoms. The summed E-state index contributed by atoms with van der Waals surface area (Å²) in [5.41, 5.74) is 0.490. The van der Waals surface area contributed by atoms with Crippen LogP contribution in [-0.2, 0) is 0 Å². The number of urea groups is 2. The first-order valence-electron chi connectivity index (χ1n) is 8.11. The molecule has 1 saturated heterocycles. The maximum absolute atomic E-state index is 13.0. The molecule has 4 amide bonds. The normalized spacial score (nSPS) is 24.5. The van der Waals surface area contributed by atoms with Gasteiger partial charge in [-0.15, -0.1) is 0 Å². The summed E-state index contributed by atoms with van der Waals surface area (Å²) in [7, 11) is 3.01. The number of rotatable bonds is 3. The molecule has 0 spiro atoms. The number of imide groups is 1. The molecule has 0 radical (unpaired) electrons. The van der Waals surface area contributed by atoms with Gasteiger partial charge in [0.15, 0.2) is 6.17 Å². The van der Waals surface area contributed by atoms with Crippen LogP contribution in [0, 0.1) is 0 Å². The predicted octanol–water partition coefficient (Wildman–Crippen LogP) is 2.72. The summed E-state index contributed by atoms with van der Waals surface area (Å²) in [6.07, 6.45) is 5.79. The molecule has 126 valence electrons. The molecule has 0 bridgehead atoms. The number of benzene rings is 1. The Kier molecular flexibility index (Phi) is 4.38. The highest BCUT2D eigenvalue weighted by molar-refractivity contribution is 6.07. The van der Waals surface area contributed by atoms with Crippen molar-refractivity contribution in [3.8, 4) is 0 Å². The molecule has 2 atom stereocenters. The zero-order valence-corrected chi connectivity index (χ0v) is 13.9. The summed E-state index contributed by atoms with van der Waals surface area (Å²) in [5.74, 6) is -0.244. The number of hydrogen-bond acceptors (Lipinski definition) is 3. The number of carbonyl (C=O) groups excluding carboxylic acids is 3. The topological polar surface area (TPSA) is 60.9 Å². The Morgan fingerprint density at radius 3 is 2.42 bits per heavy atom. The van der Waals surface area contributed by atoms with Crippen LogP contribution >= 0.6 is 0 Å². The molecule has 0 aromatic heterocycles. The zero-order valence-electron chi connectivity index (χ0n) is 13.9. The molecule has 2 aliphatic rings. The SMILES string of the molecule is CN1C(=O)N(C)C(C(=O)c2ccccc2)N(C2C=CCCC2)C1=O. The zero-order chi connectivity index (χ0) is 17.3. The van der Waals surface area contributed by atoms with Gasteiger partial charge in [-0.3, -0.25) is 14.6 Å². The van der Waals surface area contributed by atoms with Gasteiger partial charge in [-0.05, 0) is 19.3 Å². The third kappa shape index (κ3) is 2.68. The molecular weight excluding hydrogens is 306 g/mol. The third-order valence-corrected chi connectivity index (χ3v) is 4.61. The smallest absolute Gasteiger partial charge is 0.299 e. The molecule has 0 saturated carbocycles. The summed E-state index contributed by atoms with van der Waals surface area (Å²) in [6.45, 7) is 0. The molecule has 1 aromatic carbocycles. The van der Waals surface area contributed by atoms with Crippen LogP contribution in [0.2, 0.25) is 0 Å². The number of nitrogens with zero attached hydrogens (tertiary/aromatic N) is 3. The van der Waals surface area contributed by atoms with E-state index in [9.17, 15) is 14.4 Å². The lowest BCUT2D eigenvalue weighted by atomic mass is 9.98. The van der Waals surface area contributed by atoms with Gasteiger partial charge in [0.25, 0.3) is 0 Å². The average Bonchev–Trinajstić information content (AvgIpc) is 2.63. The number of amides is 4. The van der Waals surface area contributed by atoms with Crippen LogP contribution in [0.4, 0.5) is 9.59 Å². The van der Waals surface area contributed by atoms with Crippen molar-refractivity contribution in [2.24, 2.45) is 0 Å². The molecule has 1 heterocycles. The quantitative estimate of drug-likeness (QED) is 0.633. The standard InChI is InChI=1S/C18H21N3O3/c1-19-16(15(22)13-9-5-3-6-10-13)21(14-11-7-4-8-12-14)18(24)20(2)17(19)23/h3,5-7,9-11,14,16H,4,8,12H2,1-2H3. The molecule has 1 fully saturated rings. The maximum Gasteiger partial charge on any atom is 0.330 e. The van der Waals surface area contributed by atoms with Crippen LogP contribution in [0.3, 0.4) is 0 Å². The first-order valence-corrected chi connectivity index (χ1v) is 8.11. The highest BCUT2D eigenvalue weighted by atomic mass is 16.2. The fraction of sp³-hybridized carbons (Fsp3) is 0.389. The van der Waals surface area contributed by atoms with Gasteiger partial charge < -0.3 is 0 Å². The van der Waals surface area contributed by atoms with Crippen molar-refractivity contribution < 1.29 is 14.4 Å². The third-order valence-electron chi connectivity index (χ3n) is 4.61. The van der Waals surface area contributed by atoms with Gasteiger partial charge in [0.05, 0.1) is 6.04 Å². The Hall–Kier alpha value is -2.63.